The Labute approximate surface area is 147 Å². The van der Waals surface area contributed by atoms with Gasteiger partial charge in [0.15, 0.2) is 0 Å². The lowest BCUT2D eigenvalue weighted by molar-refractivity contribution is -0.130. The van der Waals surface area contributed by atoms with Crippen LogP contribution in [0.4, 0.5) is 0 Å². The van der Waals surface area contributed by atoms with E-state index in [0.717, 1.165) is 30.4 Å². The van der Waals surface area contributed by atoms with Crippen molar-refractivity contribution < 1.29 is 14.7 Å². The van der Waals surface area contributed by atoms with E-state index in [1.807, 2.05) is 22.8 Å². The molecule has 1 aliphatic heterocycles. The van der Waals surface area contributed by atoms with Crippen molar-refractivity contribution in [2.75, 3.05) is 0 Å². The highest BCUT2D eigenvalue weighted by atomic mass is 16.4. The van der Waals surface area contributed by atoms with Gasteiger partial charge in [-0.2, -0.15) is 0 Å². The van der Waals surface area contributed by atoms with Crippen LogP contribution in [0.5, 0.6) is 0 Å². The molecule has 0 amide bonds. The number of ketones is 1. The van der Waals surface area contributed by atoms with Gasteiger partial charge >= 0.3 is 5.97 Å². The zero-order valence-electron chi connectivity index (χ0n) is 14.3. The zero-order chi connectivity index (χ0) is 18.0. The number of aryl methyl sites for hydroxylation is 1. The maximum absolute atomic E-state index is 13.1. The first-order valence-corrected chi connectivity index (χ1v) is 8.50. The van der Waals surface area contributed by atoms with Gasteiger partial charge < -0.3 is 9.67 Å². The van der Waals surface area contributed by atoms with E-state index in [0.29, 0.717) is 23.5 Å². The number of unbranched alkanes of at least 4 members (excludes halogenated alkanes) is 1. The van der Waals surface area contributed by atoms with Gasteiger partial charge in [-0.05, 0) is 36.1 Å². The fourth-order valence-electron chi connectivity index (χ4n) is 3.24. The lowest BCUT2D eigenvalue weighted by atomic mass is 10.0. The molecular weight excluding hydrogens is 314 g/mol. The van der Waals surface area contributed by atoms with Gasteiger partial charge in [-0.25, -0.2) is 4.79 Å². The summed E-state index contributed by atoms with van der Waals surface area (Å²) in [5, 5.41) is 9.37. The smallest absolute Gasteiger partial charge is 0.337 e. The van der Waals surface area contributed by atoms with Gasteiger partial charge in [0.2, 0.25) is 5.78 Å². The molecule has 0 atom stereocenters. The molecule has 0 spiro atoms. The number of carboxylic acid groups (broad SMARTS) is 1. The van der Waals surface area contributed by atoms with Crippen LogP contribution in [0.1, 0.15) is 52.6 Å². The van der Waals surface area contributed by atoms with Gasteiger partial charge in [0.1, 0.15) is 0 Å². The van der Waals surface area contributed by atoms with E-state index >= 15 is 0 Å². The standard InChI is InChI=1S/C21H21NO3/c1-3-5-6-16-13-18-17(21(24)25)11-12-22(18)19(16)20(23)15-9-7-14(4-2)8-10-15/h4,7-11,13H,2-3,5-6,12H2,1H3,(H,24,25). The minimum Gasteiger partial charge on any atom is -0.478 e. The number of rotatable bonds is 7. The maximum Gasteiger partial charge on any atom is 0.337 e. The molecule has 1 aromatic heterocycles. The molecule has 25 heavy (non-hydrogen) atoms. The number of carboxylic acids is 1. The number of aromatic nitrogens is 1. The Balaban J connectivity index is 2.04. The summed E-state index contributed by atoms with van der Waals surface area (Å²) in [5.74, 6) is -1.01. The summed E-state index contributed by atoms with van der Waals surface area (Å²) in [6, 6.07) is 9.18. The highest BCUT2D eigenvalue weighted by Crippen LogP contribution is 2.31. The predicted molar refractivity (Wildman–Crippen MR) is 98.6 cm³/mol. The Bertz CT molecular complexity index is 869. The monoisotopic (exact) mass is 335 g/mol. The first-order chi connectivity index (χ1) is 12.1. The molecule has 0 saturated heterocycles. The van der Waals surface area contributed by atoms with Crippen molar-refractivity contribution in [2.45, 2.75) is 32.7 Å². The van der Waals surface area contributed by atoms with Crippen LogP contribution in [0.15, 0.2) is 43.0 Å². The Kier molecular flexibility index (Phi) is 4.70. The van der Waals surface area contributed by atoms with Crippen molar-refractivity contribution in [1.29, 1.82) is 0 Å². The van der Waals surface area contributed by atoms with E-state index in [4.69, 9.17) is 0 Å². The second-order valence-corrected chi connectivity index (χ2v) is 6.20. The Morgan fingerprint density at radius 2 is 2.00 bits per heavy atom. The van der Waals surface area contributed by atoms with E-state index in [2.05, 4.69) is 13.5 Å². The maximum atomic E-state index is 13.1. The third-order valence-electron chi connectivity index (χ3n) is 4.58. The molecule has 4 nitrogen and oxygen atoms in total. The molecule has 0 radical (unpaired) electrons. The second kappa shape index (κ2) is 6.93. The molecule has 3 rings (SSSR count). The number of nitrogens with zero attached hydrogens (tertiary/aromatic N) is 1. The second-order valence-electron chi connectivity index (χ2n) is 6.20. The molecule has 0 bridgehead atoms. The molecular formula is C21H21NO3. The molecule has 2 heterocycles. The minimum atomic E-state index is -0.951. The largest absolute Gasteiger partial charge is 0.478 e. The number of carbonyl (C=O) groups excluding carboxylic acids is 1. The van der Waals surface area contributed by atoms with Crippen molar-refractivity contribution >= 4 is 23.4 Å². The van der Waals surface area contributed by atoms with Gasteiger partial charge in [0.05, 0.1) is 17.0 Å². The van der Waals surface area contributed by atoms with Crippen LogP contribution in [-0.2, 0) is 17.8 Å². The van der Waals surface area contributed by atoms with Crippen molar-refractivity contribution in [3.05, 3.63) is 71.1 Å². The summed E-state index contributed by atoms with van der Waals surface area (Å²) < 4.78 is 1.83. The Morgan fingerprint density at radius 3 is 2.60 bits per heavy atom. The summed E-state index contributed by atoms with van der Waals surface area (Å²) in [6.45, 7) is 6.25. The van der Waals surface area contributed by atoms with Crippen LogP contribution in [0.2, 0.25) is 0 Å². The van der Waals surface area contributed by atoms with Crippen LogP contribution in [0.3, 0.4) is 0 Å². The molecule has 1 N–H and O–H groups in total. The summed E-state index contributed by atoms with van der Waals surface area (Å²) in [6.07, 6.45) is 6.15. The molecule has 0 unspecified atom stereocenters. The van der Waals surface area contributed by atoms with Crippen molar-refractivity contribution in [2.24, 2.45) is 0 Å². The third kappa shape index (κ3) is 3.07. The van der Waals surface area contributed by atoms with E-state index in [-0.39, 0.29) is 11.4 Å². The molecule has 1 aliphatic rings. The zero-order valence-corrected chi connectivity index (χ0v) is 14.3. The number of carbonyl (C=O) groups is 2. The van der Waals surface area contributed by atoms with Crippen LogP contribution >= 0.6 is 0 Å². The highest BCUT2D eigenvalue weighted by molar-refractivity contribution is 6.17. The van der Waals surface area contributed by atoms with Crippen LogP contribution < -0.4 is 0 Å². The van der Waals surface area contributed by atoms with Gasteiger partial charge in [-0.1, -0.05) is 50.3 Å². The molecule has 0 aliphatic carbocycles. The lowest BCUT2D eigenvalue weighted by Gasteiger charge is -2.09. The van der Waals surface area contributed by atoms with Crippen LogP contribution in [0, 0.1) is 0 Å². The average Bonchev–Trinajstić information content (AvgIpc) is 3.17. The first-order valence-electron chi connectivity index (χ1n) is 8.50. The van der Waals surface area contributed by atoms with Crippen molar-refractivity contribution in [3.63, 3.8) is 0 Å². The normalized spacial score (nSPS) is 12.6. The topological polar surface area (TPSA) is 59.3 Å². The predicted octanol–water partition coefficient (Wildman–Crippen LogP) is 4.19. The van der Waals surface area contributed by atoms with E-state index in [1.165, 1.54) is 0 Å². The SMILES string of the molecule is C=Cc1ccc(C(=O)c2c(CCCC)cc3n2CC=C3C(=O)O)cc1. The number of hydrogen-bond donors (Lipinski definition) is 1. The molecule has 1 aromatic carbocycles. The van der Waals surface area contributed by atoms with Crippen molar-refractivity contribution in [1.82, 2.24) is 4.57 Å². The summed E-state index contributed by atoms with van der Waals surface area (Å²) in [7, 11) is 0. The van der Waals surface area contributed by atoms with Crippen molar-refractivity contribution in [3.8, 4) is 0 Å². The fraction of sp³-hybridized carbons (Fsp3) is 0.238. The first kappa shape index (κ1) is 17.0. The fourth-order valence-corrected chi connectivity index (χ4v) is 3.24. The van der Waals surface area contributed by atoms with E-state index in [1.54, 1.807) is 24.3 Å². The third-order valence-corrected chi connectivity index (χ3v) is 4.58. The molecule has 2 aromatic rings. The molecule has 0 fully saturated rings. The highest BCUT2D eigenvalue weighted by Gasteiger charge is 2.28. The number of fused-ring (bicyclic) bond motifs is 1. The van der Waals surface area contributed by atoms with Gasteiger partial charge in [0, 0.05) is 12.1 Å². The Morgan fingerprint density at radius 1 is 1.28 bits per heavy atom. The molecule has 0 saturated carbocycles. The lowest BCUT2D eigenvalue weighted by Crippen LogP contribution is -2.12. The number of allylic oxidation sites excluding steroid dienone is 1. The molecule has 128 valence electrons. The van der Waals surface area contributed by atoms with Gasteiger partial charge in [0.25, 0.3) is 0 Å². The molecule has 4 heteroatoms. The quantitative estimate of drug-likeness (QED) is 0.772. The van der Waals surface area contributed by atoms with E-state index < -0.39 is 5.97 Å². The van der Waals surface area contributed by atoms with Crippen LogP contribution in [0.25, 0.3) is 11.6 Å². The summed E-state index contributed by atoms with van der Waals surface area (Å²) in [4.78, 5) is 24.5. The number of hydrogen-bond acceptors (Lipinski definition) is 2. The number of benzene rings is 1. The minimum absolute atomic E-state index is 0.0620. The van der Waals surface area contributed by atoms with Gasteiger partial charge in [-0.15, -0.1) is 0 Å². The van der Waals surface area contributed by atoms with Crippen LogP contribution in [-0.4, -0.2) is 21.4 Å². The van der Waals surface area contributed by atoms with Gasteiger partial charge in [-0.3, -0.25) is 4.79 Å². The van der Waals surface area contributed by atoms with E-state index in [9.17, 15) is 14.7 Å². The summed E-state index contributed by atoms with van der Waals surface area (Å²) >= 11 is 0. The Hall–Kier alpha value is -2.88. The number of aliphatic carboxylic acids is 1. The average molecular weight is 335 g/mol. The summed E-state index contributed by atoms with van der Waals surface area (Å²) in [5.41, 5.74) is 4.01.